The summed E-state index contributed by atoms with van der Waals surface area (Å²) in [6.45, 7) is 5.21. The summed E-state index contributed by atoms with van der Waals surface area (Å²) in [5, 5.41) is 24.0. The highest BCUT2D eigenvalue weighted by atomic mass is 35.5. The van der Waals surface area contributed by atoms with Gasteiger partial charge in [-0.1, -0.05) is 0 Å². The molecule has 1 aromatic rings. The first kappa shape index (κ1) is 29.6. The highest BCUT2D eigenvalue weighted by Gasteiger charge is 2.46. The molecule has 0 aromatic heterocycles. The Morgan fingerprint density at radius 2 is 1.59 bits per heavy atom. The number of nitrogens with one attached hydrogen (secondary N) is 1. The van der Waals surface area contributed by atoms with Crippen LogP contribution in [0.5, 0.6) is 0 Å². The van der Waals surface area contributed by atoms with Gasteiger partial charge in [-0.05, 0) is 37.1 Å². The van der Waals surface area contributed by atoms with Gasteiger partial charge in [0.15, 0.2) is 0 Å². The lowest BCUT2D eigenvalue weighted by molar-refractivity contribution is -0.0229. The summed E-state index contributed by atoms with van der Waals surface area (Å²) in [4.78, 5) is 4.51. The quantitative estimate of drug-likeness (QED) is 0.526. The normalized spacial score (nSPS) is 29.0. The van der Waals surface area contributed by atoms with Crippen LogP contribution in [0.2, 0.25) is 0 Å². The molecule has 0 bridgehead atoms. The lowest BCUT2D eigenvalue weighted by Crippen LogP contribution is -2.57. The molecule has 0 aliphatic carbocycles. The van der Waals surface area contributed by atoms with Gasteiger partial charge < -0.3 is 29.9 Å². The summed E-state index contributed by atoms with van der Waals surface area (Å²) in [5.74, 6) is -0.228. The first-order chi connectivity index (χ1) is 14.2. The lowest BCUT2D eigenvalue weighted by atomic mass is 10.0. The molecule has 0 spiro atoms. The highest BCUT2D eigenvalue weighted by Crippen LogP contribution is 2.28. The minimum absolute atomic E-state index is 0. The van der Waals surface area contributed by atoms with Crippen molar-refractivity contribution in [1.82, 2.24) is 10.2 Å². The third-order valence-electron chi connectivity index (χ3n) is 6.40. The van der Waals surface area contributed by atoms with Crippen molar-refractivity contribution in [2.75, 3.05) is 57.4 Å². The molecule has 0 radical (unpaired) electrons. The first-order valence-corrected chi connectivity index (χ1v) is 10.7. The average Bonchev–Trinajstić information content (AvgIpc) is 3.09. The van der Waals surface area contributed by atoms with Crippen LogP contribution in [-0.4, -0.2) is 98.1 Å². The van der Waals surface area contributed by atoms with E-state index >= 15 is 0 Å². The van der Waals surface area contributed by atoms with Gasteiger partial charge in [0, 0.05) is 57.7 Å². The number of ether oxygens (including phenoxy) is 2. The predicted molar refractivity (Wildman–Crippen MR) is 129 cm³/mol. The van der Waals surface area contributed by atoms with Crippen molar-refractivity contribution >= 4 is 42.9 Å². The van der Waals surface area contributed by atoms with E-state index in [1.54, 1.807) is 12.1 Å². The second kappa shape index (κ2) is 14.1. The van der Waals surface area contributed by atoms with E-state index < -0.39 is 12.2 Å². The van der Waals surface area contributed by atoms with Crippen LogP contribution >= 0.6 is 37.2 Å². The zero-order valence-electron chi connectivity index (χ0n) is 18.0. The number of hydrogen-bond donors (Lipinski definition) is 3. The van der Waals surface area contributed by atoms with Gasteiger partial charge in [0.2, 0.25) is 0 Å². The van der Waals surface area contributed by atoms with Crippen molar-refractivity contribution in [3.8, 4) is 0 Å². The van der Waals surface area contributed by atoms with Crippen molar-refractivity contribution in [3.05, 3.63) is 30.1 Å². The summed E-state index contributed by atoms with van der Waals surface area (Å²) >= 11 is 0. The fourth-order valence-corrected chi connectivity index (χ4v) is 4.71. The van der Waals surface area contributed by atoms with E-state index in [0.29, 0.717) is 12.6 Å². The van der Waals surface area contributed by atoms with Crippen LogP contribution < -0.4 is 10.2 Å². The van der Waals surface area contributed by atoms with Crippen LogP contribution in [0.25, 0.3) is 0 Å². The Kier molecular flexibility index (Phi) is 13.0. The largest absolute Gasteiger partial charge is 0.394 e. The molecule has 3 saturated heterocycles. The SMILES string of the molecule is Cl.Cl.Cl.OC[C@@H]1O[C@H](CNC2CCOCC2)[C@H](N2CCN(c3ccc(F)cc3)CC2)[C@@H]1O. The molecule has 1 aromatic carbocycles. The summed E-state index contributed by atoms with van der Waals surface area (Å²) in [7, 11) is 0. The monoisotopic (exact) mass is 517 g/mol. The highest BCUT2D eigenvalue weighted by molar-refractivity contribution is 5.86. The number of aliphatic hydroxyl groups excluding tert-OH is 2. The second-order valence-electron chi connectivity index (χ2n) is 8.17. The van der Waals surface area contributed by atoms with Crippen LogP contribution in [0, 0.1) is 5.82 Å². The van der Waals surface area contributed by atoms with Gasteiger partial charge >= 0.3 is 0 Å². The number of nitrogens with zero attached hydrogens (tertiary/aromatic N) is 2. The molecular formula is C21H35Cl3FN3O4. The van der Waals surface area contributed by atoms with Crippen LogP contribution in [0.15, 0.2) is 24.3 Å². The molecule has 3 N–H and O–H groups in total. The van der Waals surface area contributed by atoms with E-state index in [-0.39, 0.29) is 61.8 Å². The third kappa shape index (κ3) is 7.04. The molecule has 4 rings (SSSR count). The number of hydrogen-bond acceptors (Lipinski definition) is 7. The molecular weight excluding hydrogens is 484 g/mol. The van der Waals surface area contributed by atoms with Gasteiger partial charge in [0.1, 0.15) is 18.0 Å². The van der Waals surface area contributed by atoms with Crippen LogP contribution in [-0.2, 0) is 9.47 Å². The van der Waals surface area contributed by atoms with Gasteiger partial charge in [-0.3, -0.25) is 4.90 Å². The van der Waals surface area contributed by atoms with Crippen molar-refractivity contribution in [2.45, 2.75) is 43.2 Å². The van der Waals surface area contributed by atoms with Crippen LogP contribution in [0.3, 0.4) is 0 Å². The van der Waals surface area contributed by atoms with Gasteiger partial charge in [0.05, 0.1) is 18.8 Å². The maximum absolute atomic E-state index is 13.2. The number of aliphatic hydroxyl groups is 2. The van der Waals surface area contributed by atoms with Gasteiger partial charge in [0.25, 0.3) is 0 Å². The fraction of sp³-hybridized carbons (Fsp3) is 0.714. The zero-order valence-corrected chi connectivity index (χ0v) is 20.4. The van der Waals surface area contributed by atoms with Crippen LogP contribution in [0.1, 0.15) is 12.8 Å². The maximum atomic E-state index is 13.2. The Balaban J connectivity index is 0.00000171. The Morgan fingerprint density at radius 3 is 2.19 bits per heavy atom. The molecule has 0 saturated carbocycles. The third-order valence-corrected chi connectivity index (χ3v) is 6.40. The van der Waals surface area contributed by atoms with E-state index in [0.717, 1.165) is 57.9 Å². The zero-order chi connectivity index (χ0) is 20.2. The number of rotatable bonds is 6. The number of halogens is 4. The second-order valence-corrected chi connectivity index (χ2v) is 8.17. The first-order valence-electron chi connectivity index (χ1n) is 10.7. The number of piperazine rings is 1. The standard InChI is InChI=1S/C21H32FN3O4.3ClH/c22-15-1-3-17(4-2-15)24-7-9-25(10-8-24)20-18(29-19(14-26)21(20)27)13-23-16-5-11-28-12-6-16;;;/h1-4,16,18-21,23,26-27H,5-14H2;3*1H/t18-,19+,20+,21-;;;/m1.../s1. The van der Waals surface area contributed by atoms with Crippen molar-refractivity contribution in [2.24, 2.45) is 0 Å². The van der Waals surface area contributed by atoms with E-state index in [4.69, 9.17) is 9.47 Å². The van der Waals surface area contributed by atoms with Gasteiger partial charge in [-0.25, -0.2) is 4.39 Å². The van der Waals surface area contributed by atoms with E-state index in [1.165, 1.54) is 12.1 Å². The minimum Gasteiger partial charge on any atom is -0.394 e. The molecule has 32 heavy (non-hydrogen) atoms. The van der Waals surface area contributed by atoms with Crippen molar-refractivity contribution in [3.63, 3.8) is 0 Å². The summed E-state index contributed by atoms with van der Waals surface area (Å²) < 4.78 is 24.6. The molecule has 186 valence electrons. The molecule has 7 nitrogen and oxygen atoms in total. The molecule has 0 amide bonds. The summed E-state index contributed by atoms with van der Waals surface area (Å²) in [5.41, 5.74) is 1.01. The Bertz CT molecular complexity index is 650. The van der Waals surface area contributed by atoms with E-state index in [1.807, 2.05) is 0 Å². The fourth-order valence-electron chi connectivity index (χ4n) is 4.71. The Labute approximate surface area is 207 Å². The van der Waals surface area contributed by atoms with Gasteiger partial charge in [-0.15, -0.1) is 37.2 Å². The lowest BCUT2D eigenvalue weighted by Gasteiger charge is -2.41. The van der Waals surface area contributed by atoms with E-state index in [9.17, 15) is 14.6 Å². The molecule has 3 fully saturated rings. The molecule has 3 aliphatic heterocycles. The summed E-state index contributed by atoms with van der Waals surface area (Å²) in [6, 6.07) is 6.85. The number of anilines is 1. The smallest absolute Gasteiger partial charge is 0.123 e. The molecule has 11 heteroatoms. The molecule has 0 unspecified atom stereocenters. The number of benzene rings is 1. The average molecular weight is 519 g/mol. The Morgan fingerprint density at radius 1 is 0.969 bits per heavy atom. The van der Waals surface area contributed by atoms with E-state index in [2.05, 4.69) is 15.1 Å². The minimum atomic E-state index is -0.709. The Hall–Kier alpha value is -0.420. The molecule has 3 aliphatic rings. The van der Waals surface area contributed by atoms with Crippen molar-refractivity contribution < 1.29 is 24.1 Å². The van der Waals surface area contributed by atoms with Gasteiger partial charge in [-0.2, -0.15) is 0 Å². The maximum Gasteiger partial charge on any atom is 0.123 e. The molecule has 3 heterocycles. The topological polar surface area (TPSA) is 77.4 Å². The predicted octanol–water partition coefficient (Wildman–Crippen LogP) is 1.47. The van der Waals surface area contributed by atoms with Crippen LogP contribution in [0.4, 0.5) is 10.1 Å². The van der Waals surface area contributed by atoms with Crippen molar-refractivity contribution in [1.29, 1.82) is 0 Å². The summed E-state index contributed by atoms with van der Waals surface area (Å²) in [6.07, 6.45) is 0.553. The molecule has 4 atom stereocenters.